The summed E-state index contributed by atoms with van der Waals surface area (Å²) in [7, 11) is -1.32. The summed E-state index contributed by atoms with van der Waals surface area (Å²) in [6.45, 7) is 15.8. The van der Waals surface area contributed by atoms with E-state index in [0.717, 1.165) is 18.3 Å². The zero-order valence-electron chi connectivity index (χ0n) is 38.9. The van der Waals surface area contributed by atoms with Gasteiger partial charge in [-0.15, -0.1) is 0 Å². The summed E-state index contributed by atoms with van der Waals surface area (Å²) in [5.74, 6) is -4.02. The molecular formula is C43H62F3N10O10P. The molecule has 0 bridgehead atoms. The number of nitriles is 1. The second kappa shape index (κ2) is 28.9. The molecule has 0 saturated carbocycles. The number of anilines is 2. The van der Waals surface area contributed by atoms with Crippen molar-refractivity contribution in [1.29, 1.82) is 5.26 Å². The monoisotopic (exact) mass is 966 g/mol. The van der Waals surface area contributed by atoms with Crippen LogP contribution in [0.15, 0.2) is 35.3 Å². The SMILES string of the molecule is CC(CCC(=O)NCCCOCCOCCOCCOP(OCCC#N)N(C(C)C)C(C)C)NC(=O)c1ccc(N(Cc2cnc3nc(NC(=O)C(C)C)[nH]c(=O)c3n2)C(=O)C(F)(F)F)cc1. The minimum atomic E-state index is -5.28. The molecule has 3 aromatic rings. The topological polar surface area (TPSA) is 252 Å². The first-order valence-electron chi connectivity index (χ1n) is 21.9. The maximum absolute atomic E-state index is 13.7. The third kappa shape index (κ3) is 19.9. The number of carbonyl (C=O) groups excluding carboxylic acids is 4. The van der Waals surface area contributed by atoms with E-state index in [4.69, 9.17) is 28.5 Å². The van der Waals surface area contributed by atoms with Gasteiger partial charge in [-0.3, -0.25) is 39.2 Å². The molecule has 0 saturated heterocycles. The Morgan fingerprint density at radius 1 is 0.866 bits per heavy atom. The van der Waals surface area contributed by atoms with Crippen LogP contribution in [0.1, 0.15) is 90.2 Å². The van der Waals surface area contributed by atoms with Gasteiger partial charge in [-0.1, -0.05) is 13.8 Å². The summed E-state index contributed by atoms with van der Waals surface area (Å²) in [6.07, 6.45) is -2.93. The molecule has 0 aliphatic rings. The molecule has 2 aromatic heterocycles. The molecule has 24 heteroatoms. The second-order valence-corrected chi connectivity index (χ2v) is 17.3. The predicted octanol–water partition coefficient (Wildman–Crippen LogP) is 5.15. The normalized spacial score (nSPS) is 12.7. The Bertz CT molecular complexity index is 2130. The second-order valence-electron chi connectivity index (χ2n) is 15.9. The van der Waals surface area contributed by atoms with E-state index in [2.05, 4.69) is 74.3 Å². The molecular weight excluding hydrogens is 905 g/mol. The Hall–Kier alpha value is -5.21. The van der Waals surface area contributed by atoms with Crippen LogP contribution < -0.4 is 26.4 Å². The highest BCUT2D eigenvalue weighted by Gasteiger charge is 2.43. The molecule has 0 fully saturated rings. The summed E-state index contributed by atoms with van der Waals surface area (Å²) >= 11 is 0. The highest BCUT2D eigenvalue weighted by molar-refractivity contribution is 7.44. The maximum Gasteiger partial charge on any atom is 0.471 e. The van der Waals surface area contributed by atoms with Gasteiger partial charge in [-0.05, 0) is 71.7 Å². The molecule has 0 aliphatic heterocycles. The Morgan fingerprint density at radius 2 is 1.48 bits per heavy atom. The summed E-state index contributed by atoms with van der Waals surface area (Å²) in [5, 5.41) is 16.8. The van der Waals surface area contributed by atoms with Crippen LogP contribution in [0.3, 0.4) is 0 Å². The van der Waals surface area contributed by atoms with Gasteiger partial charge in [-0.25, -0.2) is 14.6 Å². The van der Waals surface area contributed by atoms with Gasteiger partial charge in [0.25, 0.3) is 20.0 Å². The first kappa shape index (κ1) is 56.1. The van der Waals surface area contributed by atoms with Crippen molar-refractivity contribution in [2.45, 2.75) is 105 Å². The molecule has 4 amide bonds. The number of H-pyrrole nitrogens is 1. The Morgan fingerprint density at radius 3 is 2.07 bits per heavy atom. The highest BCUT2D eigenvalue weighted by Crippen LogP contribution is 2.45. The number of amides is 4. The van der Waals surface area contributed by atoms with Crippen LogP contribution in [0.5, 0.6) is 0 Å². The van der Waals surface area contributed by atoms with E-state index in [1.807, 2.05) is 0 Å². The van der Waals surface area contributed by atoms with Crippen LogP contribution in [0.25, 0.3) is 11.2 Å². The largest absolute Gasteiger partial charge is 0.471 e. The van der Waals surface area contributed by atoms with Gasteiger partial charge in [0.05, 0.1) is 77.2 Å². The number of alkyl halides is 3. The molecule has 1 aromatic carbocycles. The number of fused-ring (bicyclic) bond motifs is 1. The number of halogens is 3. The predicted molar refractivity (Wildman–Crippen MR) is 243 cm³/mol. The zero-order chi connectivity index (χ0) is 49.5. The van der Waals surface area contributed by atoms with E-state index in [9.17, 15) is 37.1 Å². The summed E-state index contributed by atoms with van der Waals surface area (Å²) in [4.78, 5) is 77.5. The Kier molecular flexibility index (Phi) is 24.2. The van der Waals surface area contributed by atoms with Gasteiger partial charge in [0, 0.05) is 54.9 Å². The van der Waals surface area contributed by atoms with Gasteiger partial charge in [-0.2, -0.15) is 23.4 Å². The molecule has 0 aliphatic carbocycles. The van der Waals surface area contributed by atoms with Gasteiger partial charge >= 0.3 is 12.1 Å². The first-order chi connectivity index (χ1) is 31.8. The summed E-state index contributed by atoms with van der Waals surface area (Å²) in [5.41, 5.74) is -1.62. The zero-order valence-corrected chi connectivity index (χ0v) is 39.8. The number of nitrogens with zero attached hydrogens (tertiary/aromatic N) is 6. The summed E-state index contributed by atoms with van der Waals surface area (Å²) in [6, 6.07) is 6.89. The van der Waals surface area contributed by atoms with Gasteiger partial charge < -0.3 is 33.9 Å². The quantitative estimate of drug-likeness (QED) is 0.0498. The van der Waals surface area contributed by atoms with Crippen LogP contribution in [-0.4, -0.2) is 132 Å². The summed E-state index contributed by atoms with van der Waals surface area (Å²) < 4.78 is 71.9. The van der Waals surface area contributed by atoms with Crippen molar-refractivity contribution in [1.82, 2.24) is 35.2 Å². The molecule has 2 atom stereocenters. The lowest BCUT2D eigenvalue weighted by atomic mass is 10.1. The molecule has 2 unspecified atom stereocenters. The number of aromatic amines is 1. The van der Waals surface area contributed by atoms with Crippen LogP contribution in [0, 0.1) is 17.2 Å². The molecule has 2 heterocycles. The van der Waals surface area contributed by atoms with E-state index >= 15 is 0 Å². The van der Waals surface area contributed by atoms with Crippen molar-refractivity contribution in [2.24, 2.45) is 5.92 Å². The molecule has 20 nitrogen and oxygen atoms in total. The van der Waals surface area contributed by atoms with E-state index in [0.29, 0.717) is 83.6 Å². The lowest BCUT2D eigenvalue weighted by Gasteiger charge is -2.35. The van der Waals surface area contributed by atoms with Crippen molar-refractivity contribution in [2.75, 3.05) is 69.6 Å². The molecule has 0 radical (unpaired) electrons. The Balaban J connectivity index is 1.34. The number of aromatic nitrogens is 4. The standard InChI is InChI=1S/C43H62F3N10O10P/c1-28(2)38(58)53-42-52-37-36(40(60)54-42)51-33(26-49-37)27-55(41(61)43(44,45)46)34-13-11-32(12-14-34)39(59)50-31(7)10-15-35(57)48-17-9-18-62-20-21-63-22-23-64-24-25-66-67(65-19-8-16-47)56(29(3)4)30(5)6/h11-14,26,28-31H,8-10,15,17-25,27H2,1-7H3,(H,48,57)(H,50,59)(H2,49,52,53,54,58,60). The van der Waals surface area contributed by atoms with Gasteiger partial charge in [0.1, 0.15) is 0 Å². The number of rotatable bonds is 30. The van der Waals surface area contributed by atoms with E-state index in [1.165, 1.54) is 12.1 Å². The fourth-order valence-electron chi connectivity index (χ4n) is 5.99. The number of carbonyl (C=O) groups is 4. The molecule has 3 rings (SSSR count). The average molecular weight is 967 g/mol. The number of benzene rings is 1. The molecule has 0 spiro atoms. The fourth-order valence-corrected chi connectivity index (χ4v) is 7.56. The lowest BCUT2D eigenvalue weighted by molar-refractivity contribution is -0.170. The van der Waals surface area contributed by atoms with Crippen LogP contribution in [-0.2, 0) is 44.2 Å². The minimum Gasteiger partial charge on any atom is -0.379 e. The van der Waals surface area contributed by atoms with Crippen LogP contribution in [0.4, 0.5) is 24.8 Å². The van der Waals surface area contributed by atoms with E-state index in [1.54, 1.807) is 20.8 Å². The van der Waals surface area contributed by atoms with Crippen LogP contribution >= 0.6 is 8.53 Å². The lowest BCUT2D eigenvalue weighted by Crippen LogP contribution is -2.41. The van der Waals surface area contributed by atoms with Crippen molar-refractivity contribution < 1.29 is 55.6 Å². The third-order valence-corrected chi connectivity index (χ3v) is 11.4. The fraction of sp³-hybridized carbons (Fsp3) is 0.605. The number of ether oxygens (including phenoxy) is 3. The number of nitrogens with one attached hydrogen (secondary N) is 4. The van der Waals surface area contributed by atoms with Crippen LogP contribution in [0.2, 0.25) is 0 Å². The number of hydrogen-bond donors (Lipinski definition) is 4. The van der Waals surface area contributed by atoms with Gasteiger partial charge in [0.2, 0.25) is 17.8 Å². The Labute approximate surface area is 389 Å². The third-order valence-electron chi connectivity index (χ3n) is 9.29. The van der Waals surface area contributed by atoms with Gasteiger partial charge in [0.15, 0.2) is 11.2 Å². The van der Waals surface area contributed by atoms with E-state index in [-0.39, 0.29) is 58.5 Å². The minimum absolute atomic E-state index is 0.0909. The molecule has 67 heavy (non-hydrogen) atoms. The van der Waals surface area contributed by atoms with Crippen molar-refractivity contribution in [3.8, 4) is 6.07 Å². The first-order valence-corrected chi connectivity index (χ1v) is 23.0. The maximum atomic E-state index is 13.7. The van der Waals surface area contributed by atoms with E-state index < -0.39 is 56.5 Å². The van der Waals surface area contributed by atoms with Crippen molar-refractivity contribution in [3.05, 3.63) is 52.1 Å². The highest BCUT2D eigenvalue weighted by atomic mass is 31.2. The average Bonchev–Trinajstić information content (AvgIpc) is 3.26. The molecule has 370 valence electrons. The molecule has 4 N–H and O–H groups in total. The van der Waals surface area contributed by atoms with Crippen molar-refractivity contribution in [3.63, 3.8) is 0 Å². The smallest absolute Gasteiger partial charge is 0.379 e. The van der Waals surface area contributed by atoms with Crippen molar-refractivity contribution >= 4 is 55.0 Å². The number of hydrogen-bond acceptors (Lipinski definition) is 15.